The maximum atomic E-state index is 11.9. The number of carbonyl (C=O) groups excluding carboxylic acids is 1. The molecule has 0 aromatic carbocycles. The second kappa shape index (κ2) is 12.0. The second-order valence-corrected chi connectivity index (χ2v) is 16.3. The summed E-state index contributed by atoms with van der Waals surface area (Å²) in [6.45, 7) is 6.30. The van der Waals surface area contributed by atoms with Crippen LogP contribution in [0.3, 0.4) is 0 Å². The number of carbonyl (C=O) groups is 1. The van der Waals surface area contributed by atoms with Gasteiger partial charge in [0.15, 0.2) is 12.6 Å². The third-order valence-electron chi connectivity index (χ3n) is 14.2. The molecule has 0 aromatic heterocycles. The standard InChI is InChI=1S/C36H52O13/c1-17-29(48-31-27(41)26(40)25(39)22(15-37)47-31)30(43-4)28(42)32(45-17)46-20-6-9-33(2)19(14-20)5-11-35-23(33)8-10-34(3)21(7-12-36(34,35)49-35)18-13-24(38)44-16-18/h7,13,17,19-20,22-23,25-32,37,39-42H,5-6,8-12,14-16H2,1-4H3/t17-,19?,20+,22-,23-,25-,26+,27-,28-,29+,30+,31+,32+,33+,34-,35+,36-/m1/s1. The highest BCUT2D eigenvalue weighted by Gasteiger charge is 2.85. The van der Waals surface area contributed by atoms with Crippen LogP contribution in [-0.4, -0.2) is 131 Å². The van der Waals surface area contributed by atoms with Crippen LogP contribution in [0, 0.1) is 22.7 Å². The first kappa shape index (κ1) is 34.6. The van der Waals surface area contributed by atoms with Gasteiger partial charge in [-0.1, -0.05) is 19.9 Å². The summed E-state index contributed by atoms with van der Waals surface area (Å²) in [5.74, 6) is 0.612. The highest BCUT2D eigenvalue weighted by molar-refractivity contribution is 5.87. The Kier molecular flexibility index (Phi) is 8.49. The molecule has 17 atom stereocenters. The van der Waals surface area contributed by atoms with E-state index >= 15 is 0 Å². The van der Waals surface area contributed by atoms with Gasteiger partial charge in [0.2, 0.25) is 0 Å². The van der Waals surface area contributed by atoms with E-state index in [4.69, 9.17) is 33.2 Å². The zero-order valence-electron chi connectivity index (χ0n) is 28.7. The monoisotopic (exact) mass is 692 g/mol. The number of epoxide rings is 1. The summed E-state index contributed by atoms with van der Waals surface area (Å²) in [5.41, 5.74) is 1.85. The molecule has 4 aliphatic carbocycles. The average Bonchev–Trinajstić information content (AvgIpc) is 3.39. The Morgan fingerprint density at radius 3 is 2.41 bits per heavy atom. The minimum absolute atomic E-state index is 0.0934. The number of rotatable bonds is 7. The van der Waals surface area contributed by atoms with Crippen LogP contribution in [0.4, 0.5) is 0 Å². The second-order valence-electron chi connectivity index (χ2n) is 16.3. The summed E-state index contributed by atoms with van der Waals surface area (Å²) in [4.78, 5) is 11.9. The molecule has 0 amide bonds. The van der Waals surface area contributed by atoms with Crippen molar-refractivity contribution >= 4 is 5.97 Å². The molecule has 13 nitrogen and oxygen atoms in total. The van der Waals surface area contributed by atoms with Crippen molar-refractivity contribution in [3.8, 4) is 0 Å². The van der Waals surface area contributed by atoms with Crippen LogP contribution in [-0.2, 0) is 38.0 Å². The van der Waals surface area contributed by atoms with Crippen LogP contribution in [0.5, 0.6) is 0 Å². The highest BCUT2D eigenvalue weighted by atomic mass is 16.7. The van der Waals surface area contributed by atoms with Crippen molar-refractivity contribution in [2.24, 2.45) is 22.7 Å². The fourth-order valence-electron chi connectivity index (χ4n) is 11.5. The number of methoxy groups -OCH3 is 1. The Labute approximate surface area is 286 Å². The van der Waals surface area contributed by atoms with Crippen molar-refractivity contribution in [2.75, 3.05) is 20.3 Å². The van der Waals surface area contributed by atoms with E-state index < -0.39 is 68.0 Å². The van der Waals surface area contributed by atoms with Gasteiger partial charge in [-0.15, -0.1) is 0 Å². The fraction of sp³-hybridized carbons (Fsp3) is 0.861. The van der Waals surface area contributed by atoms with E-state index in [2.05, 4.69) is 19.9 Å². The van der Waals surface area contributed by atoms with Crippen molar-refractivity contribution < 1.29 is 63.5 Å². The van der Waals surface area contributed by atoms with E-state index in [9.17, 15) is 30.3 Å². The molecule has 3 saturated carbocycles. The summed E-state index contributed by atoms with van der Waals surface area (Å²) in [6.07, 6.45) is -0.346. The van der Waals surface area contributed by atoms with Gasteiger partial charge in [-0.2, -0.15) is 0 Å². The molecule has 0 bridgehead atoms. The molecule has 3 saturated heterocycles. The van der Waals surface area contributed by atoms with Gasteiger partial charge in [0, 0.05) is 24.2 Å². The molecule has 8 rings (SSSR count). The largest absolute Gasteiger partial charge is 0.458 e. The van der Waals surface area contributed by atoms with Crippen LogP contribution >= 0.6 is 0 Å². The Morgan fingerprint density at radius 2 is 1.69 bits per heavy atom. The number of fused-ring (bicyclic) bond motifs is 2. The first-order chi connectivity index (χ1) is 23.3. The predicted octanol–water partition coefficient (Wildman–Crippen LogP) is 1.02. The lowest BCUT2D eigenvalue weighted by atomic mass is 9.44. The number of hydrogen-bond acceptors (Lipinski definition) is 13. The Hall–Kier alpha value is -1.49. The third-order valence-corrected chi connectivity index (χ3v) is 14.2. The summed E-state index contributed by atoms with van der Waals surface area (Å²) < 4.78 is 42.2. The summed E-state index contributed by atoms with van der Waals surface area (Å²) in [6, 6.07) is 0. The Balaban J connectivity index is 0.917. The van der Waals surface area contributed by atoms with Gasteiger partial charge in [-0.05, 0) is 81.1 Å². The number of hydrogen-bond donors (Lipinski definition) is 5. The summed E-state index contributed by atoms with van der Waals surface area (Å²) in [7, 11) is 1.44. The molecule has 13 heteroatoms. The van der Waals surface area contributed by atoms with Crippen molar-refractivity contribution in [3.63, 3.8) is 0 Å². The van der Waals surface area contributed by atoms with Gasteiger partial charge in [0.05, 0.1) is 18.8 Å². The number of aliphatic hydroxyl groups is 5. The molecular weight excluding hydrogens is 640 g/mol. The van der Waals surface area contributed by atoms with Gasteiger partial charge >= 0.3 is 5.97 Å². The summed E-state index contributed by atoms with van der Waals surface area (Å²) >= 11 is 0. The van der Waals surface area contributed by atoms with E-state index in [1.54, 1.807) is 13.0 Å². The van der Waals surface area contributed by atoms with Crippen LogP contribution in [0.25, 0.3) is 0 Å². The minimum atomic E-state index is -1.59. The van der Waals surface area contributed by atoms with Crippen LogP contribution < -0.4 is 0 Å². The summed E-state index contributed by atoms with van der Waals surface area (Å²) in [5, 5.41) is 51.9. The Bertz CT molecular complexity index is 1380. The zero-order valence-corrected chi connectivity index (χ0v) is 28.7. The number of aliphatic hydroxyl groups excluding tert-OH is 5. The topological polar surface area (TPSA) is 186 Å². The van der Waals surface area contributed by atoms with Crippen molar-refractivity contribution in [1.82, 2.24) is 0 Å². The maximum Gasteiger partial charge on any atom is 0.331 e. The molecule has 5 N–H and O–H groups in total. The van der Waals surface area contributed by atoms with E-state index in [0.717, 1.165) is 56.9 Å². The predicted molar refractivity (Wildman–Crippen MR) is 168 cm³/mol. The van der Waals surface area contributed by atoms with Gasteiger partial charge < -0.3 is 58.7 Å². The van der Waals surface area contributed by atoms with Crippen LogP contribution in [0.1, 0.15) is 72.1 Å². The average molecular weight is 693 g/mol. The molecule has 0 aromatic rings. The zero-order chi connectivity index (χ0) is 34.7. The number of esters is 1. The molecule has 1 unspecified atom stereocenters. The molecule has 0 radical (unpaired) electrons. The lowest BCUT2D eigenvalue weighted by Gasteiger charge is -2.58. The van der Waals surface area contributed by atoms with Crippen molar-refractivity contribution in [1.29, 1.82) is 0 Å². The lowest BCUT2D eigenvalue weighted by Crippen LogP contribution is -2.64. The SMILES string of the molecule is CO[C@H]1[C@@H](O)[C@H](O[C@H]2CC[C@@]3(C)C(CC[C@@]45O[C@@]46CC=C(C4=CC(=O)OC4)[C@@]6(C)CC[C@H]35)C2)O[C@H](C)[C@@H]1O[C@@H]1O[C@H](CO)[C@@H](O)[C@H](O)[C@H]1O. The number of cyclic esters (lactones) is 1. The fourth-order valence-corrected chi connectivity index (χ4v) is 11.5. The molecule has 274 valence electrons. The van der Waals surface area contributed by atoms with Gasteiger partial charge in [0.1, 0.15) is 60.5 Å². The van der Waals surface area contributed by atoms with E-state index in [1.807, 2.05) is 0 Å². The molecule has 4 heterocycles. The molecular formula is C36H52O13. The minimum Gasteiger partial charge on any atom is -0.458 e. The lowest BCUT2D eigenvalue weighted by molar-refractivity contribution is -0.362. The molecule has 8 aliphatic rings. The first-order valence-corrected chi connectivity index (χ1v) is 18.1. The van der Waals surface area contributed by atoms with E-state index in [-0.39, 0.29) is 34.1 Å². The van der Waals surface area contributed by atoms with Crippen LogP contribution in [0.15, 0.2) is 23.3 Å². The van der Waals surface area contributed by atoms with Crippen LogP contribution in [0.2, 0.25) is 0 Å². The van der Waals surface area contributed by atoms with E-state index in [1.165, 1.54) is 12.7 Å². The molecule has 6 fully saturated rings. The molecule has 49 heavy (non-hydrogen) atoms. The van der Waals surface area contributed by atoms with Gasteiger partial charge in [0.25, 0.3) is 0 Å². The third kappa shape index (κ3) is 4.87. The first-order valence-electron chi connectivity index (χ1n) is 18.1. The van der Waals surface area contributed by atoms with Gasteiger partial charge in [-0.3, -0.25) is 0 Å². The number of ether oxygens (including phenoxy) is 7. The molecule has 2 spiro atoms. The Morgan fingerprint density at radius 1 is 0.918 bits per heavy atom. The van der Waals surface area contributed by atoms with Crippen molar-refractivity contribution in [3.05, 3.63) is 23.3 Å². The normalized spacial score (nSPS) is 55.0. The highest BCUT2D eigenvalue weighted by Crippen LogP contribution is 2.80. The maximum absolute atomic E-state index is 11.9. The van der Waals surface area contributed by atoms with E-state index in [0.29, 0.717) is 18.4 Å². The molecule has 4 aliphatic heterocycles. The van der Waals surface area contributed by atoms with Crippen molar-refractivity contribution in [2.45, 2.75) is 151 Å². The quantitative estimate of drug-likeness (QED) is 0.145. The smallest absolute Gasteiger partial charge is 0.331 e. The van der Waals surface area contributed by atoms with Gasteiger partial charge in [-0.25, -0.2) is 4.79 Å².